The van der Waals surface area contributed by atoms with Gasteiger partial charge in [0.05, 0.1) is 5.41 Å². The third-order valence-electron chi connectivity index (χ3n) is 16.7. The molecule has 2 heterocycles. The quantitative estimate of drug-likeness (QED) is 0.175. The lowest BCUT2D eigenvalue weighted by molar-refractivity contribution is 0.488. The van der Waals surface area contributed by atoms with E-state index in [0.29, 0.717) is 0 Å². The second-order valence-electron chi connectivity index (χ2n) is 20.6. The fraction of sp³-hybridized carbons (Fsp3) is 0.0571. The van der Waals surface area contributed by atoms with E-state index in [4.69, 9.17) is 4.74 Å². The third kappa shape index (κ3) is 5.47. The molecule has 0 saturated heterocycles. The fourth-order valence-corrected chi connectivity index (χ4v) is 14.7. The average Bonchev–Trinajstić information content (AvgIpc) is 4.06. The van der Waals surface area contributed by atoms with Crippen LogP contribution in [-0.2, 0) is 10.8 Å². The summed E-state index contributed by atoms with van der Waals surface area (Å²) in [6.45, 7) is 4.76. The van der Waals surface area contributed by atoms with Crippen molar-refractivity contribution in [1.29, 1.82) is 0 Å². The van der Waals surface area contributed by atoms with Gasteiger partial charge in [0.25, 0.3) is 0 Å². The molecule has 0 bridgehead atoms. The highest BCUT2D eigenvalue weighted by Gasteiger charge is 2.50. The summed E-state index contributed by atoms with van der Waals surface area (Å²) in [4.78, 5) is 2.51. The minimum Gasteiger partial charge on any atom is -0.456 e. The molecule has 12 aromatic rings. The van der Waals surface area contributed by atoms with Gasteiger partial charge in [-0.05, 0) is 150 Å². The van der Waals surface area contributed by atoms with Crippen LogP contribution in [0.5, 0.6) is 11.5 Å². The van der Waals surface area contributed by atoms with Crippen molar-refractivity contribution in [3.05, 3.63) is 270 Å². The van der Waals surface area contributed by atoms with E-state index < -0.39 is 5.41 Å². The fourth-order valence-electron chi connectivity index (χ4n) is 13.6. The van der Waals surface area contributed by atoms with Gasteiger partial charge in [-0.1, -0.05) is 190 Å². The summed E-state index contributed by atoms with van der Waals surface area (Å²) in [5, 5.41) is 2.67. The van der Waals surface area contributed by atoms with Gasteiger partial charge in [-0.3, -0.25) is 0 Å². The van der Waals surface area contributed by atoms with E-state index in [1.54, 1.807) is 0 Å². The second kappa shape index (κ2) is 14.9. The van der Waals surface area contributed by atoms with Crippen LogP contribution >= 0.6 is 11.3 Å². The van der Waals surface area contributed by atoms with E-state index in [-0.39, 0.29) is 5.41 Å². The van der Waals surface area contributed by atoms with Crippen LogP contribution in [0.1, 0.15) is 47.2 Å². The van der Waals surface area contributed by atoms with Gasteiger partial charge in [-0.15, -0.1) is 11.3 Å². The molecule has 1 atom stereocenters. The number of rotatable bonds is 3. The highest BCUT2D eigenvalue weighted by atomic mass is 32.1. The average molecular weight is 948 g/mol. The summed E-state index contributed by atoms with van der Waals surface area (Å²) in [7, 11) is 0. The Hall–Kier alpha value is -8.76. The molecule has 0 N–H and O–H groups in total. The van der Waals surface area contributed by atoms with E-state index in [1.807, 2.05) is 11.3 Å². The number of anilines is 3. The first-order valence-corrected chi connectivity index (χ1v) is 26.2. The monoisotopic (exact) mass is 947 g/mol. The molecule has 4 aliphatic rings. The maximum atomic E-state index is 6.72. The normalized spacial score (nSPS) is 15.5. The molecule has 16 rings (SSSR count). The van der Waals surface area contributed by atoms with Gasteiger partial charge in [0.15, 0.2) is 0 Å². The van der Waals surface area contributed by atoms with Crippen LogP contribution in [0.15, 0.2) is 237 Å². The number of thiophene rings is 1. The SMILES string of the molecule is CC1(C)c2ccccc2-c2ccc(N(c3ccc4c(c3)-c3ccccc3Oc3ccccc3-4)c3ccc4c(c3)-c3ccccc3-c3ccccc3C43c4ccccc4-c4c3ccc3sc5ccccc5c43)cc21. The molecule has 3 heteroatoms. The number of benzene rings is 11. The number of ether oxygens (including phenoxy) is 1. The van der Waals surface area contributed by atoms with Gasteiger partial charge >= 0.3 is 0 Å². The zero-order valence-corrected chi connectivity index (χ0v) is 41.1. The molecule has 73 heavy (non-hydrogen) atoms. The largest absolute Gasteiger partial charge is 0.456 e. The number of nitrogens with zero attached hydrogens (tertiary/aromatic N) is 1. The van der Waals surface area contributed by atoms with Crippen molar-refractivity contribution in [2.45, 2.75) is 24.7 Å². The zero-order valence-electron chi connectivity index (χ0n) is 40.3. The van der Waals surface area contributed by atoms with Gasteiger partial charge in [0.2, 0.25) is 0 Å². The smallest absolute Gasteiger partial charge is 0.135 e. The lowest BCUT2D eigenvalue weighted by Crippen LogP contribution is -2.29. The Labute approximate surface area is 428 Å². The standard InChI is InChI=1S/C70H45NOS/c1-69(2)57-25-11-5-20-49(57)50-35-32-44(41-62(50)69)71(42-31-34-47-51-21-8-14-28-63(51)72-64-29-15-9-22-52(64)55(47)39-42)43-33-36-60-56(40-43)46-18-4-3-17-45(46)48-19-6-12-26-58(48)70(60)59-27-13-7-23-53(59)67-61(70)37-38-66-68(67)54-24-10-16-30-65(54)73-66/h3-41H,1-2H3. The summed E-state index contributed by atoms with van der Waals surface area (Å²) in [5.74, 6) is 1.71. The highest BCUT2D eigenvalue weighted by molar-refractivity contribution is 7.26. The molecule has 2 nitrogen and oxygen atoms in total. The summed E-state index contributed by atoms with van der Waals surface area (Å²) in [6, 6.07) is 88.8. The van der Waals surface area contributed by atoms with Crippen molar-refractivity contribution >= 4 is 48.6 Å². The van der Waals surface area contributed by atoms with Gasteiger partial charge in [-0.25, -0.2) is 0 Å². The van der Waals surface area contributed by atoms with Gasteiger partial charge in [-0.2, -0.15) is 0 Å². The molecule has 3 aliphatic carbocycles. The molecular weight excluding hydrogens is 903 g/mol. The van der Waals surface area contributed by atoms with Crippen molar-refractivity contribution in [2.75, 3.05) is 4.90 Å². The predicted molar refractivity (Wildman–Crippen MR) is 304 cm³/mol. The topological polar surface area (TPSA) is 12.5 Å². The number of para-hydroxylation sites is 2. The molecule has 1 aromatic heterocycles. The van der Waals surface area contributed by atoms with E-state index >= 15 is 0 Å². The first kappa shape index (κ1) is 40.9. The van der Waals surface area contributed by atoms with Crippen LogP contribution in [0.3, 0.4) is 0 Å². The predicted octanol–water partition coefficient (Wildman–Crippen LogP) is 19.3. The maximum Gasteiger partial charge on any atom is 0.135 e. The van der Waals surface area contributed by atoms with Crippen LogP contribution in [0.25, 0.3) is 86.9 Å². The van der Waals surface area contributed by atoms with Crippen LogP contribution in [0, 0.1) is 0 Å². The third-order valence-corrected chi connectivity index (χ3v) is 17.8. The molecule has 0 saturated carbocycles. The van der Waals surface area contributed by atoms with E-state index in [9.17, 15) is 0 Å². The summed E-state index contributed by atoms with van der Waals surface area (Å²) >= 11 is 1.90. The highest BCUT2D eigenvalue weighted by Crippen LogP contribution is 2.64. The first-order chi connectivity index (χ1) is 36.0. The van der Waals surface area contributed by atoms with Crippen molar-refractivity contribution in [1.82, 2.24) is 0 Å². The Balaban J connectivity index is 0.996. The van der Waals surface area contributed by atoms with Crippen LogP contribution in [0.2, 0.25) is 0 Å². The number of fused-ring (bicyclic) bond motifs is 24. The lowest BCUT2D eigenvalue weighted by Gasteiger charge is -2.36. The Morgan fingerprint density at radius 1 is 0.329 bits per heavy atom. The molecular formula is C70H45NOS. The molecule has 11 aromatic carbocycles. The molecule has 0 amide bonds. The van der Waals surface area contributed by atoms with Crippen LogP contribution < -0.4 is 9.64 Å². The molecule has 1 unspecified atom stereocenters. The van der Waals surface area contributed by atoms with Gasteiger partial charge in [0.1, 0.15) is 11.5 Å². The Morgan fingerprint density at radius 2 is 0.795 bits per heavy atom. The summed E-state index contributed by atoms with van der Waals surface area (Å²) < 4.78 is 9.36. The number of hydrogen-bond donors (Lipinski definition) is 0. The van der Waals surface area contributed by atoms with Crippen molar-refractivity contribution in [2.24, 2.45) is 0 Å². The minimum absolute atomic E-state index is 0.186. The van der Waals surface area contributed by atoms with Crippen molar-refractivity contribution < 1.29 is 4.74 Å². The second-order valence-corrected chi connectivity index (χ2v) is 21.7. The molecule has 1 spiro atoms. The van der Waals surface area contributed by atoms with Gasteiger partial charge in [0, 0.05) is 53.8 Å². The lowest BCUT2D eigenvalue weighted by atomic mass is 9.66. The molecule has 0 fully saturated rings. The Kier molecular flexibility index (Phi) is 8.35. The van der Waals surface area contributed by atoms with Crippen LogP contribution in [-0.4, -0.2) is 0 Å². The van der Waals surface area contributed by atoms with E-state index in [1.165, 1.54) is 98.1 Å². The van der Waals surface area contributed by atoms with E-state index in [0.717, 1.165) is 50.8 Å². The molecule has 342 valence electrons. The van der Waals surface area contributed by atoms with E-state index in [2.05, 4.69) is 255 Å². The van der Waals surface area contributed by atoms with Crippen molar-refractivity contribution in [3.63, 3.8) is 0 Å². The zero-order chi connectivity index (χ0) is 48.2. The summed E-state index contributed by atoms with van der Waals surface area (Å²) in [6.07, 6.45) is 0. The number of hydrogen-bond acceptors (Lipinski definition) is 3. The molecule has 1 aliphatic heterocycles. The Bertz CT molecular complexity index is 4360. The first-order valence-electron chi connectivity index (χ1n) is 25.4. The van der Waals surface area contributed by atoms with Crippen LogP contribution in [0.4, 0.5) is 17.1 Å². The molecule has 0 radical (unpaired) electrons. The minimum atomic E-state index is -0.623. The summed E-state index contributed by atoms with van der Waals surface area (Å²) in [5.41, 5.74) is 25.1. The Morgan fingerprint density at radius 3 is 1.53 bits per heavy atom. The van der Waals surface area contributed by atoms with Crippen molar-refractivity contribution in [3.8, 4) is 78.3 Å². The van der Waals surface area contributed by atoms with Gasteiger partial charge < -0.3 is 9.64 Å². The maximum absolute atomic E-state index is 6.72.